The van der Waals surface area contributed by atoms with E-state index in [1.54, 1.807) is 0 Å². The number of H-pyrrole nitrogens is 1. The molecule has 0 bridgehead atoms. The molecular weight excluding hydrogens is 248 g/mol. The monoisotopic (exact) mass is 272 g/mol. The Kier molecular flexibility index (Phi) is 4.33. The van der Waals surface area contributed by atoms with E-state index < -0.39 is 0 Å². The van der Waals surface area contributed by atoms with Gasteiger partial charge < -0.3 is 15.2 Å². The molecule has 0 saturated carbocycles. The summed E-state index contributed by atoms with van der Waals surface area (Å²) in [5.74, 6) is 0. The second kappa shape index (κ2) is 6.37. The van der Waals surface area contributed by atoms with Crippen LogP contribution in [0.1, 0.15) is 31.9 Å². The first-order valence-corrected chi connectivity index (χ1v) is 7.70. The van der Waals surface area contributed by atoms with E-state index in [0.717, 1.165) is 24.4 Å². The van der Waals surface area contributed by atoms with Crippen LogP contribution in [0.4, 0.5) is 0 Å². The van der Waals surface area contributed by atoms with E-state index >= 15 is 0 Å². The van der Waals surface area contributed by atoms with Crippen molar-refractivity contribution in [2.45, 2.75) is 38.8 Å². The van der Waals surface area contributed by atoms with E-state index in [0.29, 0.717) is 6.04 Å². The molecule has 0 radical (unpaired) electrons. The second-order valence-electron chi connectivity index (χ2n) is 5.86. The minimum atomic E-state index is 0.509. The lowest BCUT2D eigenvalue weighted by atomic mass is 10.1. The van der Waals surface area contributed by atoms with Crippen LogP contribution in [0.5, 0.6) is 0 Å². The normalized spacial score (nSPS) is 18.4. The van der Waals surface area contributed by atoms with Gasteiger partial charge in [-0.25, -0.2) is 4.98 Å². The molecule has 3 heterocycles. The van der Waals surface area contributed by atoms with E-state index in [1.165, 1.54) is 37.7 Å². The van der Waals surface area contributed by atoms with Gasteiger partial charge in [0.15, 0.2) is 0 Å². The molecule has 3 rings (SSSR count). The largest absolute Gasteiger partial charge is 0.346 e. The summed E-state index contributed by atoms with van der Waals surface area (Å²) in [5, 5.41) is 4.76. The standard InChI is InChI=1S/C16H24N4/c1-13(12-20-9-3-2-4-10-20)18-11-15-6-5-14-7-8-17-16(14)19-15/h5-8,13,18H,2-4,9-12H2,1H3,(H,17,19). The third-order valence-electron chi connectivity index (χ3n) is 4.08. The van der Waals surface area contributed by atoms with Gasteiger partial charge in [-0.15, -0.1) is 0 Å². The van der Waals surface area contributed by atoms with Gasteiger partial charge in [-0.2, -0.15) is 0 Å². The minimum Gasteiger partial charge on any atom is -0.346 e. The lowest BCUT2D eigenvalue weighted by Crippen LogP contribution is -2.41. The van der Waals surface area contributed by atoms with Crippen LogP contribution in [0.15, 0.2) is 24.4 Å². The Morgan fingerprint density at radius 2 is 2.10 bits per heavy atom. The van der Waals surface area contributed by atoms with Crippen molar-refractivity contribution in [2.24, 2.45) is 0 Å². The maximum absolute atomic E-state index is 4.62. The molecule has 0 aliphatic carbocycles. The molecule has 0 amide bonds. The summed E-state index contributed by atoms with van der Waals surface area (Å²) in [5.41, 5.74) is 2.08. The smallest absolute Gasteiger partial charge is 0.137 e. The Bertz CT molecular complexity index is 542. The number of hydrogen-bond acceptors (Lipinski definition) is 3. The molecule has 2 aromatic heterocycles. The number of nitrogens with zero attached hydrogens (tertiary/aromatic N) is 2. The molecule has 1 aliphatic rings. The fourth-order valence-electron chi connectivity index (χ4n) is 2.94. The SMILES string of the molecule is CC(CN1CCCCC1)NCc1ccc2cc[nH]c2n1. The molecule has 2 aromatic rings. The molecule has 1 aliphatic heterocycles. The highest BCUT2D eigenvalue weighted by Crippen LogP contribution is 2.11. The highest BCUT2D eigenvalue weighted by atomic mass is 15.1. The third-order valence-corrected chi connectivity index (χ3v) is 4.08. The Hall–Kier alpha value is -1.39. The highest BCUT2D eigenvalue weighted by molar-refractivity contribution is 5.75. The number of likely N-dealkylation sites (tertiary alicyclic amines) is 1. The first-order chi connectivity index (χ1) is 9.81. The Morgan fingerprint density at radius 1 is 1.25 bits per heavy atom. The van der Waals surface area contributed by atoms with Crippen LogP contribution in [-0.2, 0) is 6.54 Å². The van der Waals surface area contributed by atoms with Crippen LogP contribution in [0.3, 0.4) is 0 Å². The number of fused-ring (bicyclic) bond motifs is 1. The quantitative estimate of drug-likeness (QED) is 0.879. The molecule has 1 atom stereocenters. The molecule has 1 unspecified atom stereocenters. The number of pyridine rings is 1. The van der Waals surface area contributed by atoms with Gasteiger partial charge in [-0.05, 0) is 51.1 Å². The average Bonchev–Trinajstić information content (AvgIpc) is 2.93. The van der Waals surface area contributed by atoms with Gasteiger partial charge in [0.2, 0.25) is 0 Å². The zero-order valence-electron chi connectivity index (χ0n) is 12.2. The maximum atomic E-state index is 4.62. The van der Waals surface area contributed by atoms with Crippen molar-refractivity contribution in [3.05, 3.63) is 30.1 Å². The van der Waals surface area contributed by atoms with E-state index in [-0.39, 0.29) is 0 Å². The number of piperidine rings is 1. The molecule has 1 fully saturated rings. The van der Waals surface area contributed by atoms with Crippen LogP contribution in [-0.4, -0.2) is 40.5 Å². The van der Waals surface area contributed by atoms with Gasteiger partial charge in [0.25, 0.3) is 0 Å². The Balaban J connectivity index is 1.50. The van der Waals surface area contributed by atoms with Crippen molar-refractivity contribution in [3.8, 4) is 0 Å². The average molecular weight is 272 g/mol. The summed E-state index contributed by atoms with van der Waals surface area (Å²) in [6.07, 6.45) is 6.06. The second-order valence-corrected chi connectivity index (χ2v) is 5.86. The lowest BCUT2D eigenvalue weighted by Gasteiger charge is -2.29. The van der Waals surface area contributed by atoms with Crippen LogP contribution in [0, 0.1) is 0 Å². The van der Waals surface area contributed by atoms with Crippen LogP contribution >= 0.6 is 0 Å². The number of rotatable bonds is 5. The molecule has 0 spiro atoms. The van der Waals surface area contributed by atoms with Crippen molar-refractivity contribution >= 4 is 11.0 Å². The van der Waals surface area contributed by atoms with Gasteiger partial charge in [0.05, 0.1) is 5.69 Å². The molecule has 2 N–H and O–H groups in total. The summed E-state index contributed by atoms with van der Waals surface area (Å²) in [7, 11) is 0. The maximum Gasteiger partial charge on any atom is 0.137 e. The van der Waals surface area contributed by atoms with E-state index in [9.17, 15) is 0 Å². The van der Waals surface area contributed by atoms with E-state index in [1.807, 2.05) is 6.20 Å². The summed E-state index contributed by atoms with van der Waals surface area (Å²) in [6.45, 7) is 6.77. The fourth-order valence-corrected chi connectivity index (χ4v) is 2.94. The van der Waals surface area contributed by atoms with Crippen LogP contribution < -0.4 is 5.32 Å². The molecule has 4 heteroatoms. The zero-order valence-corrected chi connectivity index (χ0v) is 12.2. The van der Waals surface area contributed by atoms with Crippen molar-refractivity contribution < 1.29 is 0 Å². The van der Waals surface area contributed by atoms with Crippen molar-refractivity contribution in [1.82, 2.24) is 20.2 Å². The molecule has 20 heavy (non-hydrogen) atoms. The van der Waals surface area contributed by atoms with Gasteiger partial charge in [0.1, 0.15) is 5.65 Å². The summed E-state index contributed by atoms with van der Waals surface area (Å²) in [6, 6.07) is 6.80. The van der Waals surface area contributed by atoms with Gasteiger partial charge in [-0.3, -0.25) is 0 Å². The summed E-state index contributed by atoms with van der Waals surface area (Å²) >= 11 is 0. The molecule has 4 nitrogen and oxygen atoms in total. The first-order valence-electron chi connectivity index (χ1n) is 7.70. The predicted octanol–water partition coefficient (Wildman–Crippen LogP) is 2.53. The number of nitrogens with one attached hydrogen (secondary N) is 2. The van der Waals surface area contributed by atoms with E-state index in [2.05, 4.69) is 45.3 Å². The van der Waals surface area contributed by atoms with Crippen molar-refractivity contribution in [3.63, 3.8) is 0 Å². The van der Waals surface area contributed by atoms with Gasteiger partial charge in [-0.1, -0.05) is 6.42 Å². The van der Waals surface area contributed by atoms with Crippen LogP contribution in [0.25, 0.3) is 11.0 Å². The fraction of sp³-hybridized carbons (Fsp3) is 0.562. The Morgan fingerprint density at radius 3 is 2.95 bits per heavy atom. The number of hydrogen-bond donors (Lipinski definition) is 2. The summed E-state index contributed by atoms with van der Waals surface area (Å²) < 4.78 is 0. The minimum absolute atomic E-state index is 0.509. The molecule has 0 aromatic carbocycles. The van der Waals surface area contributed by atoms with E-state index in [4.69, 9.17) is 0 Å². The number of aromatic nitrogens is 2. The summed E-state index contributed by atoms with van der Waals surface area (Å²) in [4.78, 5) is 10.4. The lowest BCUT2D eigenvalue weighted by molar-refractivity contribution is 0.208. The predicted molar refractivity (Wildman–Crippen MR) is 82.7 cm³/mol. The molecule has 1 saturated heterocycles. The first kappa shape index (κ1) is 13.6. The number of aromatic amines is 1. The third kappa shape index (κ3) is 3.38. The molecular formula is C16H24N4. The van der Waals surface area contributed by atoms with Crippen LogP contribution in [0.2, 0.25) is 0 Å². The topological polar surface area (TPSA) is 44.0 Å². The zero-order chi connectivity index (χ0) is 13.8. The van der Waals surface area contributed by atoms with Crippen molar-refractivity contribution in [1.29, 1.82) is 0 Å². The molecule has 108 valence electrons. The highest BCUT2D eigenvalue weighted by Gasteiger charge is 2.13. The van der Waals surface area contributed by atoms with Gasteiger partial charge in [0, 0.05) is 30.7 Å². The van der Waals surface area contributed by atoms with Crippen molar-refractivity contribution in [2.75, 3.05) is 19.6 Å². The Labute approximate surface area is 120 Å². The van der Waals surface area contributed by atoms with Gasteiger partial charge >= 0.3 is 0 Å².